The number of halogens is 2. The van der Waals surface area contributed by atoms with Gasteiger partial charge >= 0.3 is 0 Å². The van der Waals surface area contributed by atoms with E-state index < -0.39 is 17.5 Å². The van der Waals surface area contributed by atoms with Gasteiger partial charge in [0.15, 0.2) is 5.13 Å². The molecule has 0 radical (unpaired) electrons. The molecular weight excluding hydrogens is 376 g/mol. The van der Waals surface area contributed by atoms with Crippen molar-refractivity contribution in [2.45, 2.75) is 6.42 Å². The molecule has 0 fully saturated rings. The maximum atomic E-state index is 13.5. The van der Waals surface area contributed by atoms with Gasteiger partial charge in [0.05, 0.1) is 22.9 Å². The standard InChI is InChI=1S/C18H15F2N3O3S/c1-26-11-3-5-14-15(9-11)27-18(22-14)23-16(24)6-7-21-17(25)12-4-2-10(19)8-13(12)20/h2-5,8-9H,6-7H2,1H3,(H,21,25)(H,22,23,24). The lowest BCUT2D eigenvalue weighted by Gasteiger charge is -2.06. The molecule has 9 heteroatoms. The van der Waals surface area contributed by atoms with Crippen LogP contribution in [0.3, 0.4) is 0 Å². The number of hydrogen-bond acceptors (Lipinski definition) is 5. The quantitative estimate of drug-likeness (QED) is 0.675. The summed E-state index contributed by atoms with van der Waals surface area (Å²) in [6.07, 6.45) is -0.0200. The molecule has 1 heterocycles. The van der Waals surface area contributed by atoms with Gasteiger partial charge in [0, 0.05) is 19.0 Å². The summed E-state index contributed by atoms with van der Waals surface area (Å²) >= 11 is 1.30. The molecule has 0 atom stereocenters. The lowest BCUT2D eigenvalue weighted by atomic mass is 10.2. The summed E-state index contributed by atoms with van der Waals surface area (Å²) < 4.78 is 32.4. The van der Waals surface area contributed by atoms with Crippen LogP contribution in [0.4, 0.5) is 13.9 Å². The fourth-order valence-electron chi connectivity index (χ4n) is 2.33. The first-order valence-corrected chi connectivity index (χ1v) is 8.75. The Morgan fingerprint density at radius 2 is 2.00 bits per heavy atom. The van der Waals surface area contributed by atoms with E-state index in [0.29, 0.717) is 16.9 Å². The SMILES string of the molecule is COc1ccc2nc(NC(=O)CCNC(=O)c3ccc(F)cc3F)sc2c1. The van der Waals surface area contributed by atoms with Crippen LogP contribution in [0.5, 0.6) is 5.75 Å². The Morgan fingerprint density at radius 1 is 1.19 bits per heavy atom. The Kier molecular flexibility index (Phi) is 5.60. The molecular formula is C18H15F2N3O3S. The molecule has 0 saturated carbocycles. The third-order valence-electron chi connectivity index (χ3n) is 3.66. The summed E-state index contributed by atoms with van der Waals surface area (Å²) in [5.41, 5.74) is 0.452. The van der Waals surface area contributed by atoms with E-state index in [1.807, 2.05) is 6.07 Å². The number of anilines is 1. The number of benzene rings is 2. The zero-order valence-electron chi connectivity index (χ0n) is 14.2. The molecule has 27 heavy (non-hydrogen) atoms. The van der Waals surface area contributed by atoms with Gasteiger partial charge in [-0.25, -0.2) is 13.8 Å². The van der Waals surface area contributed by atoms with E-state index in [4.69, 9.17) is 4.74 Å². The van der Waals surface area contributed by atoms with Crippen molar-refractivity contribution < 1.29 is 23.1 Å². The maximum Gasteiger partial charge on any atom is 0.254 e. The minimum Gasteiger partial charge on any atom is -0.497 e. The van der Waals surface area contributed by atoms with Crippen molar-refractivity contribution in [2.24, 2.45) is 0 Å². The number of rotatable bonds is 6. The molecule has 0 aliphatic heterocycles. The highest BCUT2D eigenvalue weighted by atomic mass is 32.1. The summed E-state index contributed by atoms with van der Waals surface area (Å²) in [4.78, 5) is 28.2. The fourth-order valence-corrected chi connectivity index (χ4v) is 3.24. The molecule has 0 aliphatic rings. The van der Waals surface area contributed by atoms with Crippen molar-refractivity contribution in [1.82, 2.24) is 10.3 Å². The monoisotopic (exact) mass is 391 g/mol. The zero-order chi connectivity index (χ0) is 19.4. The van der Waals surface area contributed by atoms with Gasteiger partial charge in [0.2, 0.25) is 5.91 Å². The number of amides is 2. The van der Waals surface area contributed by atoms with E-state index in [9.17, 15) is 18.4 Å². The number of methoxy groups -OCH3 is 1. The second-order valence-corrected chi connectivity index (χ2v) is 6.56. The van der Waals surface area contributed by atoms with Crippen molar-refractivity contribution in [2.75, 3.05) is 19.0 Å². The van der Waals surface area contributed by atoms with Crippen LogP contribution in [0.15, 0.2) is 36.4 Å². The third kappa shape index (κ3) is 4.56. The predicted octanol–water partition coefficient (Wildman–Crippen LogP) is 3.34. The molecule has 2 amide bonds. The Morgan fingerprint density at radius 3 is 2.74 bits per heavy atom. The highest BCUT2D eigenvalue weighted by molar-refractivity contribution is 7.22. The van der Waals surface area contributed by atoms with Gasteiger partial charge in [-0.1, -0.05) is 11.3 Å². The smallest absolute Gasteiger partial charge is 0.254 e. The maximum absolute atomic E-state index is 13.5. The van der Waals surface area contributed by atoms with E-state index in [1.165, 1.54) is 11.3 Å². The lowest BCUT2D eigenvalue weighted by Crippen LogP contribution is -2.28. The number of nitrogens with zero attached hydrogens (tertiary/aromatic N) is 1. The molecule has 2 aromatic carbocycles. The molecule has 2 N–H and O–H groups in total. The number of carbonyl (C=O) groups is 2. The molecule has 0 bridgehead atoms. The van der Waals surface area contributed by atoms with Gasteiger partial charge in [-0.3, -0.25) is 9.59 Å². The minimum absolute atomic E-state index is 0.000199. The van der Waals surface area contributed by atoms with Gasteiger partial charge in [-0.05, 0) is 30.3 Å². The van der Waals surface area contributed by atoms with Crippen LogP contribution in [0.1, 0.15) is 16.8 Å². The number of nitrogens with one attached hydrogen (secondary N) is 2. The minimum atomic E-state index is -0.957. The van der Waals surface area contributed by atoms with Crippen molar-refractivity contribution >= 4 is 38.5 Å². The van der Waals surface area contributed by atoms with Gasteiger partial charge in [-0.15, -0.1) is 0 Å². The number of aromatic nitrogens is 1. The Hall–Kier alpha value is -3.07. The van der Waals surface area contributed by atoms with Gasteiger partial charge in [0.1, 0.15) is 17.4 Å². The number of fused-ring (bicyclic) bond motifs is 1. The molecule has 140 valence electrons. The number of carbonyl (C=O) groups excluding carboxylic acids is 2. The highest BCUT2D eigenvalue weighted by Gasteiger charge is 2.13. The van der Waals surface area contributed by atoms with Gasteiger partial charge < -0.3 is 15.4 Å². The molecule has 3 rings (SSSR count). The van der Waals surface area contributed by atoms with Crippen molar-refractivity contribution in [3.8, 4) is 5.75 Å². The second kappa shape index (κ2) is 8.09. The van der Waals surface area contributed by atoms with E-state index in [0.717, 1.165) is 22.3 Å². The Labute approximate surface area is 157 Å². The first-order chi connectivity index (χ1) is 13.0. The predicted molar refractivity (Wildman–Crippen MR) is 98.1 cm³/mol. The van der Waals surface area contributed by atoms with Crippen LogP contribution >= 0.6 is 11.3 Å². The molecule has 0 aliphatic carbocycles. The van der Waals surface area contributed by atoms with Crippen LogP contribution in [-0.4, -0.2) is 30.5 Å². The van der Waals surface area contributed by atoms with Crippen molar-refractivity contribution in [3.63, 3.8) is 0 Å². The summed E-state index contributed by atoms with van der Waals surface area (Å²) in [5, 5.41) is 5.51. The van der Waals surface area contributed by atoms with E-state index in [1.54, 1.807) is 19.2 Å². The van der Waals surface area contributed by atoms with Crippen LogP contribution in [0.2, 0.25) is 0 Å². The molecule has 0 spiro atoms. The number of thiazole rings is 1. The first kappa shape index (κ1) is 18.7. The van der Waals surface area contributed by atoms with Crippen LogP contribution < -0.4 is 15.4 Å². The Balaban J connectivity index is 1.53. The van der Waals surface area contributed by atoms with Crippen molar-refractivity contribution in [3.05, 3.63) is 53.6 Å². The van der Waals surface area contributed by atoms with Gasteiger partial charge in [-0.2, -0.15) is 0 Å². The largest absolute Gasteiger partial charge is 0.497 e. The average molecular weight is 391 g/mol. The topological polar surface area (TPSA) is 80.3 Å². The van der Waals surface area contributed by atoms with E-state index in [2.05, 4.69) is 15.6 Å². The van der Waals surface area contributed by atoms with Crippen LogP contribution in [0, 0.1) is 11.6 Å². The third-order valence-corrected chi connectivity index (χ3v) is 4.59. The summed E-state index contributed by atoms with van der Waals surface area (Å²) in [6.45, 7) is 0.000199. The van der Waals surface area contributed by atoms with Crippen LogP contribution in [-0.2, 0) is 4.79 Å². The molecule has 6 nitrogen and oxygen atoms in total. The van der Waals surface area contributed by atoms with Crippen molar-refractivity contribution in [1.29, 1.82) is 0 Å². The van der Waals surface area contributed by atoms with Gasteiger partial charge in [0.25, 0.3) is 5.91 Å². The molecule has 0 unspecified atom stereocenters. The zero-order valence-corrected chi connectivity index (χ0v) is 15.0. The summed E-state index contributed by atoms with van der Waals surface area (Å²) in [5.74, 6) is -2.09. The highest BCUT2D eigenvalue weighted by Crippen LogP contribution is 2.29. The normalized spacial score (nSPS) is 10.6. The first-order valence-electron chi connectivity index (χ1n) is 7.94. The number of hydrogen-bond donors (Lipinski definition) is 2. The lowest BCUT2D eigenvalue weighted by molar-refractivity contribution is -0.116. The second-order valence-electron chi connectivity index (χ2n) is 5.53. The molecule has 0 saturated heterocycles. The number of ether oxygens (including phenoxy) is 1. The van der Waals surface area contributed by atoms with E-state index >= 15 is 0 Å². The Bertz CT molecular complexity index is 1010. The summed E-state index contributed by atoms with van der Waals surface area (Å²) in [6, 6.07) is 8.06. The van der Waals surface area contributed by atoms with E-state index in [-0.39, 0.29) is 24.4 Å². The average Bonchev–Trinajstić information content (AvgIpc) is 3.02. The van der Waals surface area contributed by atoms with Crippen LogP contribution in [0.25, 0.3) is 10.2 Å². The molecule has 3 aromatic rings. The summed E-state index contributed by atoms with van der Waals surface area (Å²) in [7, 11) is 1.57. The molecule has 1 aromatic heterocycles. The fraction of sp³-hybridized carbons (Fsp3) is 0.167.